The van der Waals surface area contributed by atoms with Gasteiger partial charge in [-0.05, 0) is 70.8 Å². The van der Waals surface area contributed by atoms with Gasteiger partial charge in [0.15, 0.2) is 0 Å². The lowest BCUT2D eigenvalue weighted by molar-refractivity contribution is 0.0829. The predicted octanol–water partition coefficient (Wildman–Crippen LogP) is 8.34. The van der Waals surface area contributed by atoms with Gasteiger partial charge in [-0.15, -0.1) is 0 Å². The third-order valence-electron chi connectivity index (χ3n) is 9.77. The molecule has 0 saturated carbocycles. The van der Waals surface area contributed by atoms with Crippen molar-refractivity contribution in [3.63, 3.8) is 0 Å². The molecule has 5 aromatic carbocycles. The van der Waals surface area contributed by atoms with Gasteiger partial charge in [0.25, 0.3) is 0 Å². The van der Waals surface area contributed by atoms with Gasteiger partial charge >= 0.3 is 12.2 Å². The van der Waals surface area contributed by atoms with Crippen LogP contribution in [0.3, 0.4) is 0 Å². The fourth-order valence-corrected chi connectivity index (χ4v) is 6.25. The molecular weight excluding hydrogens is 775 g/mol. The van der Waals surface area contributed by atoms with E-state index in [-0.39, 0.29) is 26.4 Å². The summed E-state index contributed by atoms with van der Waals surface area (Å²) >= 11 is 0. The second kappa shape index (κ2) is 22.6. The molecule has 2 amide bonds. The SMILES string of the molecule is COc1ccc(CN(Cc2ccc(N(C)C)cc2)C(=O)OCCOc2cc(OCCOC(=O)N(Cc3ccc(OC)cc3)Cc3ccc(N(C)C)cc3)cc(N(C)C)c2)cc1. The number of anilines is 3. The van der Waals surface area contributed by atoms with Crippen molar-refractivity contribution in [2.75, 3.05) is 97.6 Å². The van der Waals surface area contributed by atoms with E-state index in [0.29, 0.717) is 37.7 Å². The van der Waals surface area contributed by atoms with Crippen molar-refractivity contribution in [3.8, 4) is 23.0 Å². The number of methoxy groups -OCH3 is 2. The second-order valence-electron chi connectivity index (χ2n) is 15.0. The van der Waals surface area contributed by atoms with Gasteiger partial charge in [0.05, 0.1) is 14.2 Å². The molecule has 0 saturated heterocycles. The number of hydrogen-bond donors (Lipinski definition) is 0. The van der Waals surface area contributed by atoms with Crippen LogP contribution in [0.1, 0.15) is 22.3 Å². The van der Waals surface area contributed by atoms with E-state index < -0.39 is 12.2 Å². The highest BCUT2D eigenvalue weighted by molar-refractivity contribution is 5.68. The highest BCUT2D eigenvalue weighted by Crippen LogP contribution is 2.28. The monoisotopic (exact) mass is 833 g/mol. The Balaban J connectivity index is 1.16. The molecule has 0 aliphatic heterocycles. The highest BCUT2D eigenvalue weighted by Gasteiger charge is 2.19. The van der Waals surface area contributed by atoms with Gasteiger partial charge < -0.3 is 43.1 Å². The molecule has 0 atom stereocenters. The number of carbonyl (C=O) groups excluding carboxylic acids is 2. The van der Waals surface area contributed by atoms with Crippen molar-refractivity contribution < 1.29 is 38.0 Å². The van der Waals surface area contributed by atoms with Crippen LogP contribution in [0.15, 0.2) is 115 Å². The zero-order valence-corrected chi connectivity index (χ0v) is 36.6. The van der Waals surface area contributed by atoms with Crippen LogP contribution in [-0.2, 0) is 35.7 Å². The number of hydrogen-bond acceptors (Lipinski definition) is 11. The maximum atomic E-state index is 13.5. The lowest BCUT2D eigenvalue weighted by Crippen LogP contribution is -2.31. The van der Waals surface area contributed by atoms with E-state index in [2.05, 4.69) is 0 Å². The molecule has 0 aliphatic carbocycles. The molecule has 0 fully saturated rings. The summed E-state index contributed by atoms with van der Waals surface area (Å²) < 4.78 is 34.2. The Labute approximate surface area is 360 Å². The Bertz CT molecular complexity index is 1960. The minimum Gasteiger partial charge on any atom is -0.497 e. The summed E-state index contributed by atoms with van der Waals surface area (Å²) in [5.74, 6) is 2.56. The normalized spacial score (nSPS) is 10.6. The van der Waals surface area contributed by atoms with Crippen molar-refractivity contribution in [3.05, 3.63) is 138 Å². The van der Waals surface area contributed by atoms with Crippen LogP contribution < -0.4 is 33.6 Å². The van der Waals surface area contributed by atoms with Gasteiger partial charge in [-0.25, -0.2) is 9.59 Å². The highest BCUT2D eigenvalue weighted by atomic mass is 16.6. The van der Waals surface area contributed by atoms with Gasteiger partial charge in [0.2, 0.25) is 0 Å². The summed E-state index contributed by atoms with van der Waals surface area (Å²) in [5, 5.41) is 0. The summed E-state index contributed by atoms with van der Waals surface area (Å²) in [6, 6.07) is 36.9. The first-order chi connectivity index (χ1) is 29.4. The van der Waals surface area contributed by atoms with E-state index in [1.165, 1.54) is 0 Å². The van der Waals surface area contributed by atoms with Crippen molar-refractivity contribution in [1.29, 1.82) is 0 Å². The van der Waals surface area contributed by atoms with Crippen molar-refractivity contribution in [1.82, 2.24) is 9.80 Å². The van der Waals surface area contributed by atoms with Crippen LogP contribution in [0.25, 0.3) is 0 Å². The van der Waals surface area contributed by atoms with Gasteiger partial charge in [0, 0.05) is 104 Å². The van der Waals surface area contributed by atoms with E-state index in [0.717, 1.165) is 50.8 Å². The third kappa shape index (κ3) is 14.2. The zero-order chi connectivity index (χ0) is 43.7. The van der Waals surface area contributed by atoms with Crippen LogP contribution in [0.4, 0.5) is 26.7 Å². The number of carbonyl (C=O) groups is 2. The minimum atomic E-state index is -0.457. The minimum absolute atomic E-state index is 0.0304. The Morgan fingerprint density at radius 1 is 0.393 bits per heavy atom. The van der Waals surface area contributed by atoms with Crippen molar-refractivity contribution in [2.24, 2.45) is 0 Å². The van der Waals surface area contributed by atoms with Gasteiger partial charge in [-0.1, -0.05) is 48.5 Å². The molecule has 0 unspecified atom stereocenters. The van der Waals surface area contributed by atoms with E-state index in [1.54, 1.807) is 30.1 Å². The lowest BCUT2D eigenvalue weighted by atomic mass is 10.1. The predicted molar refractivity (Wildman–Crippen MR) is 240 cm³/mol. The van der Waals surface area contributed by atoms with Gasteiger partial charge in [-0.3, -0.25) is 9.80 Å². The molecule has 13 heteroatoms. The average Bonchev–Trinajstić information content (AvgIpc) is 3.26. The van der Waals surface area contributed by atoms with Crippen LogP contribution in [0.5, 0.6) is 23.0 Å². The van der Waals surface area contributed by atoms with Crippen molar-refractivity contribution in [2.45, 2.75) is 26.2 Å². The van der Waals surface area contributed by atoms with Gasteiger partial charge in [-0.2, -0.15) is 0 Å². The molecule has 13 nitrogen and oxygen atoms in total. The van der Waals surface area contributed by atoms with Gasteiger partial charge in [0.1, 0.15) is 49.4 Å². The quantitative estimate of drug-likeness (QED) is 0.0667. The number of ether oxygens (including phenoxy) is 6. The Hall–Kier alpha value is -6.76. The largest absolute Gasteiger partial charge is 0.497 e. The summed E-state index contributed by atoms with van der Waals surface area (Å²) in [4.78, 5) is 36.3. The molecule has 0 radical (unpaired) electrons. The molecule has 324 valence electrons. The lowest BCUT2D eigenvalue weighted by Gasteiger charge is -2.23. The second-order valence-corrected chi connectivity index (χ2v) is 15.0. The number of rotatable bonds is 21. The number of amides is 2. The maximum absolute atomic E-state index is 13.5. The Morgan fingerprint density at radius 3 is 1.00 bits per heavy atom. The fraction of sp³-hybridized carbons (Fsp3) is 0.333. The van der Waals surface area contributed by atoms with Crippen molar-refractivity contribution >= 4 is 29.2 Å². The number of benzene rings is 5. The first-order valence-corrected chi connectivity index (χ1v) is 20.1. The first-order valence-electron chi connectivity index (χ1n) is 20.1. The molecule has 0 spiro atoms. The standard InChI is InChI=1S/C48H59N5O8/c1-49(2)40-17-9-36(10-18-40)32-52(34-38-13-21-43(56-7)22-14-38)47(54)60-27-25-58-45-29-42(51(5)6)30-46(31-45)59-26-28-61-48(55)53(35-39-15-23-44(57-8)24-16-39)33-37-11-19-41(20-12-37)50(3)4/h9-24,29-31H,25-28,32-35H2,1-8H3. The fourth-order valence-electron chi connectivity index (χ4n) is 6.25. The third-order valence-corrected chi connectivity index (χ3v) is 9.77. The van der Waals surface area contributed by atoms with E-state index in [9.17, 15) is 9.59 Å². The average molecular weight is 834 g/mol. The van der Waals surface area contributed by atoms with E-state index >= 15 is 0 Å². The molecular formula is C48H59N5O8. The maximum Gasteiger partial charge on any atom is 0.410 e. The number of nitrogens with zero attached hydrogens (tertiary/aromatic N) is 5. The summed E-state index contributed by atoms with van der Waals surface area (Å²) in [7, 11) is 15.0. The summed E-state index contributed by atoms with van der Waals surface area (Å²) in [6.07, 6.45) is -0.914. The molecule has 0 bridgehead atoms. The smallest absolute Gasteiger partial charge is 0.410 e. The van der Waals surface area contributed by atoms with Crippen LogP contribution >= 0.6 is 0 Å². The molecule has 0 heterocycles. The zero-order valence-electron chi connectivity index (χ0n) is 36.6. The first kappa shape index (κ1) is 45.3. The molecule has 0 aromatic heterocycles. The summed E-state index contributed by atoms with van der Waals surface area (Å²) in [5.41, 5.74) is 6.83. The van der Waals surface area contributed by atoms with Crippen LogP contribution in [0.2, 0.25) is 0 Å². The molecule has 61 heavy (non-hydrogen) atoms. The topological polar surface area (TPSA) is 106 Å². The molecule has 5 rings (SSSR count). The van der Waals surface area contributed by atoms with Crippen LogP contribution in [0, 0.1) is 0 Å². The Kier molecular flexibility index (Phi) is 16.8. The van der Waals surface area contributed by atoms with Crippen LogP contribution in [-0.4, -0.2) is 105 Å². The molecule has 0 N–H and O–H groups in total. The van der Waals surface area contributed by atoms with E-state index in [4.69, 9.17) is 28.4 Å². The Morgan fingerprint density at radius 2 is 0.705 bits per heavy atom. The summed E-state index contributed by atoms with van der Waals surface area (Å²) in [6.45, 7) is 1.74. The molecule has 5 aromatic rings. The molecule has 0 aliphatic rings. The van der Waals surface area contributed by atoms with E-state index in [1.807, 2.05) is 166 Å².